The highest BCUT2D eigenvalue weighted by Gasteiger charge is 2.66. The number of rotatable bonds is 3. The van der Waals surface area contributed by atoms with Crippen molar-refractivity contribution in [1.29, 1.82) is 0 Å². The lowest BCUT2D eigenvalue weighted by Crippen LogP contribution is -2.33. The van der Waals surface area contributed by atoms with Crippen molar-refractivity contribution in [1.82, 2.24) is 5.32 Å². The third-order valence-corrected chi connectivity index (χ3v) is 4.89. The zero-order valence-corrected chi connectivity index (χ0v) is 13.0. The Morgan fingerprint density at radius 1 is 1.35 bits per heavy atom. The number of nitrogens with one attached hydrogen (secondary N) is 1. The van der Waals surface area contributed by atoms with Crippen molar-refractivity contribution < 1.29 is 19.1 Å². The predicted molar refractivity (Wildman–Crippen MR) is 75.2 cm³/mol. The molecular weight excluding hydrogens is 258 g/mol. The average Bonchev–Trinajstić information content (AvgIpc) is 2.66. The van der Waals surface area contributed by atoms with Crippen LogP contribution in [0.5, 0.6) is 0 Å². The molecule has 2 fully saturated rings. The van der Waals surface area contributed by atoms with Gasteiger partial charge in [0.1, 0.15) is 0 Å². The van der Waals surface area contributed by atoms with Crippen LogP contribution >= 0.6 is 0 Å². The van der Waals surface area contributed by atoms with Crippen LogP contribution in [0, 0.1) is 16.7 Å². The van der Waals surface area contributed by atoms with Crippen LogP contribution in [-0.2, 0) is 19.1 Å². The van der Waals surface area contributed by atoms with E-state index in [2.05, 4.69) is 10.1 Å². The quantitative estimate of drug-likeness (QED) is 0.625. The Labute approximate surface area is 120 Å². The number of ether oxygens (including phenoxy) is 1. The minimum atomic E-state index is -0.352. The van der Waals surface area contributed by atoms with E-state index >= 15 is 0 Å². The smallest absolute Gasteiger partial charge is 0.319 e. The molecule has 2 aliphatic rings. The number of carbonyl (C=O) groups excluding carboxylic acids is 3. The monoisotopic (exact) mass is 283 g/mol. The molecule has 0 radical (unpaired) electrons. The first-order valence-electron chi connectivity index (χ1n) is 7.11. The number of likely N-dealkylation sites (N-methyl/N-ethyl adjacent to an activating group) is 1. The predicted octanol–water partition coefficient (Wildman–Crippen LogP) is 1.35. The van der Waals surface area contributed by atoms with Crippen molar-refractivity contribution in [3.05, 3.63) is 0 Å². The van der Waals surface area contributed by atoms with Gasteiger partial charge in [-0.1, -0.05) is 20.8 Å². The summed E-state index contributed by atoms with van der Waals surface area (Å²) in [7, 11) is 1.71. The molecule has 2 atom stereocenters. The molecule has 2 unspecified atom stereocenters. The first-order chi connectivity index (χ1) is 9.22. The zero-order valence-electron chi connectivity index (χ0n) is 13.0. The molecule has 2 aliphatic carbocycles. The molecule has 0 aromatic rings. The Hall–Kier alpha value is -1.23. The summed E-state index contributed by atoms with van der Waals surface area (Å²) < 4.78 is 4.58. The molecule has 0 saturated heterocycles. The molecule has 0 heterocycles. The van der Waals surface area contributed by atoms with Crippen LogP contribution in [0.3, 0.4) is 0 Å². The molecule has 0 spiro atoms. The molecular formula is C15H25NO4. The minimum Gasteiger partial charge on any atom is -0.465 e. The van der Waals surface area contributed by atoms with Gasteiger partial charge in [-0.25, -0.2) is 0 Å². The number of hydrogen-bond donors (Lipinski definition) is 1. The lowest BCUT2D eigenvalue weighted by atomic mass is 9.70. The fourth-order valence-corrected chi connectivity index (χ4v) is 3.15. The second-order valence-corrected chi connectivity index (χ2v) is 6.17. The van der Waals surface area contributed by atoms with Crippen LogP contribution in [0.1, 0.15) is 40.5 Å². The van der Waals surface area contributed by atoms with Crippen LogP contribution in [0.4, 0.5) is 0 Å². The zero-order chi connectivity index (χ0) is 15.6. The van der Waals surface area contributed by atoms with Crippen LogP contribution in [0.15, 0.2) is 0 Å². The van der Waals surface area contributed by atoms with Gasteiger partial charge in [-0.3, -0.25) is 14.4 Å². The Kier molecular flexibility index (Phi) is 5.08. The minimum absolute atomic E-state index is 0.00926. The van der Waals surface area contributed by atoms with Crippen LogP contribution in [-0.4, -0.2) is 37.7 Å². The summed E-state index contributed by atoms with van der Waals surface area (Å²) in [5.41, 5.74) is -0.448. The second kappa shape index (κ2) is 6.04. The van der Waals surface area contributed by atoms with E-state index in [1.54, 1.807) is 14.0 Å². The van der Waals surface area contributed by atoms with Crippen molar-refractivity contribution in [2.45, 2.75) is 40.5 Å². The number of esters is 1. The van der Waals surface area contributed by atoms with E-state index in [-0.39, 0.29) is 34.3 Å². The summed E-state index contributed by atoms with van der Waals surface area (Å²) in [5.74, 6) is -0.428. The van der Waals surface area contributed by atoms with Crippen LogP contribution in [0.2, 0.25) is 0 Å². The van der Waals surface area contributed by atoms with Crippen LogP contribution < -0.4 is 5.32 Å². The molecule has 20 heavy (non-hydrogen) atoms. The van der Waals surface area contributed by atoms with Gasteiger partial charge in [0.05, 0.1) is 13.2 Å². The highest BCUT2D eigenvalue weighted by atomic mass is 16.5. The van der Waals surface area contributed by atoms with Crippen LogP contribution in [0.25, 0.3) is 0 Å². The molecule has 0 aromatic heterocycles. The number of carbonyl (C=O) groups is 3. The lowest BCUT2D eigenvalue weighted by molar-refractivity contribution is -0.141. The largest absolute Gasteiger partial charge is 0.465 e. The fraction of sp³-hybridized carbons (Fsp3) is 0.800. The van der Waals surface area contributed by atoms with E-state index in [0.717, 1.165) is 12.8 Å². The van der Waals surface area contributed by atoms with Gasteiger partial charge >= 0.3 is 5.97 Å². The van der Waals surface area contributed by atoms with E-state index in [4.69, 9.17) is 0 Å². The van der Waals surface area contributed by atoms with Gasteiger partial charge in [-0.05, 0) is 32.2 Å². The number of fused-ring (bicyclic) bond motifs is 2. The third kappa shape index (κ3) is 2.64. The Morgan fingerprint density at radius 3 is 2.25 bits per heavy atom. The fourth-order valence-electron chi connectivity index (χ4n) is 3.15. The van der Waals surface area contributed by atoms with Gasteiger partial charge in [0.25, 0.3) is 0 Å². The molecule has 5 heteroatoms. The number of ketones is 2. The van der Waals surface area contributed by atoms with Gasteiger partial charge < -0.3 is 10.1 Å². The van der Waals surface area contributed by atoms with E-state index in [1.807, 2.05) is 20.8 Å². The molecule has 2 bridgehead atoms. The van der Waals surface area contributed by atoms with Gasteiger partial charge in [0, 0.05) is 11.3 Å². The summed E-state index contributed by atoms with van der Waals surface area (Å²) in [5, 5.41) is 2.68. The summed E-state index contributed by atoms with van der Waals surface area (Å²) in [6.07, 6.45) is 1.81. The van der Waals surface area contributed by atoms with E-state index in [0.29, 0.717) is 13.2 Å². The van der Waals surface area contributed by atoms with E-state index in [9.17, 15) is 14.4 Å². The number of Topliss-reactive ketones (excluding diaryl/α,β-unsaturated/α-hetero) is 2. The van der Waals surface area contributed by atoms with Crippen molar-refractivity contribution >= 4 is 17.5 Å². The summed E-state index contributed by atoms with van der Waals surface area (Å²) >= 11 is 0. The molecule has 1 N–H and O–H groups in total. The maximum Gasteiger partial charge on any atom is 0.319 e. The second-order valence-electron chi connectivity index (χ2n) is 6.17. The Morgan fingerprint density at radius 2 is 1.95 bits per heavy atom. The maximum atomic E-state index is 11.6. The molecule has 0 aromatic carbocycles. The van der Waals surface area contributed by atoms with Crippen molar-refractivity contribution in [3.8, 4) is 0 Å². The van der Waals surface area contributed by atoms with Crippen molar-refractivity contribution in [2.24, 2.45) is 16.7 Å². The van der Waals surface area contributed by atoms with Gasteiger partial charge in [0.2, 0.25) is 11.6 Å². The van der Waals surface area contributed by atoms with E-state index < -0.39 is 0 Å². The average molecular weight is 283 g/mol. The number of hydrogen-bond acceptors (Lipinski definition) is 5. The standard InChI is InChI=1S/C10H14O2.C5H11NO2/c1-9(2)6-4-5-10(9,3)8(12)7(6)11;1-3-8-5(7)4-6-2/h6H,4-5H2,1-3H3;6H,3-4H2,1-2H3. The third-order valence-electron chi connectivity index (χ3n) is 4.89. The Bertz CT molecular complexity index is 408. The highest BCUT2D eigenvalue weighted by Crippen LogP contribution is 2.61. The van der Waals surface area contributed by atoms with Gasteiger partial charge in [-0.2, -0.15) is 0 Å². The molecule has 0 amide bonds. The first kappa shape index (κ1) is 16.8. The molecule has 114 valence electrons. The summed E-state index contributed by atoms with van der Waals surface area (Å²) in [6.45, 7) is 8.59. The summed E-state index contributed by atoms with van der Waals surface area (Å²) in [4.78, 5) is 33.4. The van der Waals surface area contributed by atoms with Gasteiger partial charge in [0.15, 0.2) is 0 Å². The molecule has 2 saturated carbocycles. The molecule has 5 nitrogen and oxygen atoms in total. The summed E-state index contributed by atoms with van der Waals surface area (Å²) in [6, 6.07) is 0. The normalized spacial score (nSPS) is 29.9. The Balaban J connectivity index is 0.000000221. The molecule has 0 aliphatic heterocycles. The van der Waals surface area contributed by atoms with Crippen molar-refractivity contribution in [3.63, 3.8) is 0 Å². The first-order valence-corrected chi connectivity index (χ1v) is 7.11. The van der Waals surface area contributed by atoms with Gasteiger partial charge in [-0.15, -0.1) is 0 Å². The highest BCUT2D eigenvalue weighted by molar-refractivity contribution is 6.43. The lowest BCUT2D eigenvalue weighted by Gasteiger charge is -2.31. The SMILES string of the molecule is CC12CCC(C(=O)C1=O)C2(C)C.CCOC(=O)CNC. The van der Waals surface area contributed by atoms with E-state index in [1.165, 1.54) is 0 Å². The topological polar surface area (TPSA) is 72.5 Å². The van der Waals surface area contributed by atoms with Crippen molar-refractivity contribution in [2.75, 3.05) is 20.2 Å². The maximum absolute atomic E-state index is 11.6. The molecule has 2 rings (SSSR count).